The van der Waals surface area contributed by atoms with Gasteiger partial charge in [-0.2, -0.15) is 0 Å². The molecule has 0 saturated carbocycles. The van der Waals surface area contributed by atoms with Crippen LogP contribution < -0.4 is 20.8 Å². The average molecular weight is 588 g/mol. The van der Waals surface area contributed by atoms with E-state index in [4.69, 9.17) is 39.5 Å². The van der Waals surface area contributed by atoms with Gasteiger partial charge in [-0.3, -0.25) is 19.8 Å². The minimum Gasteiger partial charge on any atom is -0.494 e. The van der Waals surface area contributed by atoms with Crippen molar-refractivity contribution in [2.75, 3.05) is 22.7 Å². The molecule has 0 aliphatic heterocycles. The maximum atomic E-state index is 13.2. The highest BCUT2D eigenvalue weighted by Gasteiger charge is 2.21. The first kappa shape index (κ1) is 28.3. The molecule has 0 unspecified atom stereocenters. The Balaban J connectivity index is 1.49. The van der Waals surface area contributed by atoms with Crippen molar-refractivity contribution in [2.45, 2.75) is 26.2 Å². The summed E-state index contributed by atoms with van der Waals surface area (Å²) in [4.78, 5) is 38.7. The van der Waals surface area contributed by atoms with Crippen LogP contribution in [0.5, 0.6) is 5.75 Å². The van der Waals surface area contributed by atoms with Crippen molar-refractivity contribution in [1.82, 2.24) is 4.68 Å². The molecular formula is C28H25Cl3N4O4. The normalized spacial score (nSPS) is 10.8. The van der Waals surface area contributed by atoms with Gasteiger partial charge < -0.3 is 15.4 Å². The Bertz CT molecular complexity index is 1520. The van der Waals surface area contributed by atoms with Crippen LogP contribution in [0.4, 0.5) is 11.4 Å². The van der Waals surface area contributed by atoms with Crippen LogP contribution >= 0.6 is 34.8 Å². The number of nitrogens with zero attached hydrogens (tertiary/aromatic N) is 1. The molecule has 0 atom stereocenters. The van der Waals surface area contributed by atoms with E-state index >= 15 is 0 Å². The van der Waals surface area contributed by atoms with Gasteiger partial charge in [-0.05, 0) is 73.2 Å². The van der Waals surface area contributed by atoms with Gasteiger partial charge in [0.05, 0.1) is 22.2 Å². The molecule has 4 aromatic rings. The number of anilines is 2. The highest BCUT2D eigenvalue weighted by atomic mass is 35.5. The smallest absolute Gasteiger partial charge is 0.328 e. The van der Waals surface area contributed by atoms with E-state index in [9.17, 15) is 14.4 Å². The molecule has 1 heterocycles. The van der Waals surface area contributed by atoms with Crippen molar-refractivity contribution in [2.24, 2.45) is 0 Å². The molecule has 39 heavy (non-hydrogen) atoms. The largest absolute Gasteiger partial charge is 0.494 e. The van der Waals surface area contributed by atoms with Gasteiger partial charge in [-0.1, -0.05) is 54.6 Å². The van der Waals surface area contributed by atoms with Crippen molar-refractivity contribution in [3.8, 4) is 5.75 Å². The number of halogens is 3. The van der Waals surface area contributed by atoms with Crippen LogP contribution in [0, 0.1) is 0 Å². The van der Waals surface area contributed by atoms with Gasteiger partial charge in [0.25, 0.3) is 5.91 Å². The quantitative estimate of drug-likeness (QED) is 0.143. The number of carbonyl (C=O) groups excluding carboxylic acids is 3. The number of benzene rings is 3. The molecule has 0 aliphatic carbocycles. The SMILES string of the molecule is CCCCCOc1ccc(NC(=O)C(=O)Nn2c(C(=O)Nc3ccc(Cl)c(Cl)c3)cc3cc(Cl)ccc32)cc1. The third-order valence-corrected chi connectivity index (χ3v) is 6.70. The van der Waals surface area contributed by atoms with Crippen molar-refractivity contribution >= 4 is 74.8 Å². The monoisotopic (exact) mass is 586 g/mol. The zero-order valence-corrected chi connectivity index (χ0v) is 23.2. The van der Waals surface area contributed by atoms with Gasteiger partial charge in [0, 0.05) is 21.8 Å². The first-order chi connectivity index (χ1) is 18.7. The van der Waals surface area contributed by atoms with Crippen molar-refractivity contribution in [3.63, 3.8) is 0 Å². The number of fused-ring (bicyclic) bond motifs is 1. The van der Waals surface area contributed by atoms with Crippen molar-refractivity contribution in [3.05, 3.63) is 87.5 Å². The van der Waals surface area contributed by atoms with Gasteiger partial charge in [-0.25, -0.2) is 4.68 Å². The van der Waals surface area contributed by atoms with Crippen molar-refractivity contribution < 1.29 is 19.1 Å². The van der Waals surface area contributed by atoms with E-state index in [-0.39, 0.29) is 10.7 Å². The third-order valence-electron chi connectivity index (χ3n) is 5.72. The highest BCUT2D eigenvalue weighted by Crippen LogP contribution is 2.27. The van der Waals surface area contributed by atoms with Gasteiger partial charge >= 0.3 is 11.8 Å². The van der Waals surface area contributed by atoms with Crippen LogP contribution in [0.3, 0.4) is 0 Å². The molecule has 3 aromatic carbocycles. The second-order valence-corrected chi connectivity index (χ2v) is 9.88. The molecule has 4 rings (SSSR count). The van der Waals surface area contributed by atoms with E-state index in [0.29, 0.717) is 44.7 Å². The molecular weight excluding hydrogens is 563 g/mol. The number of carbonyl (C=O) groups is 3. The number of aromatic nitrogens is 1. The Labute approximate surface area is 240 Å². The Kier molecular flexibility index (Phi) is 9.35. The second-order valence-electron chi connectivity index (χ2n) is 8.63. The Morgan fingerprint density at radius 3 is 2.26 bits per heavy atom. The molecule has 0 saturated heterocycles. The van der Waals surface area contributed by atoms with Crippen LogP contribution in [0.15, 0.2) is 66.7 Å². The van der Waals surface area contributed by atoms with Crippen LogP contribution in [0.2, 0.25) is 15.1 Å². The van der Waals surface area contributed by atoms with Crippen LogP contribution in [-0.4, -0.2) is 29.0 Å². The van der Waals surface area contributed by atoms with Gasteiger partial charge in [-0.15, -0.1) is 0 Å². The second kappa shape index (κ2) is 12.9. The first-order valence-electron chi connectivity index (χ1n) is 12.2. The maximum absolute atomic E-state index is 13.2. The van der Waals surface area contributed by atoms with E-state index in [0.717, 1.165) is 19.3 Å². The van der Waals surface area contributed by atoms with E-state index in [1.807, 2.05) is 0 Å². The number of nitrogens with one attached hydrogen (secondary N) is 3. The Hall–Kier alpha value is -3.72. The summed E-state index contributed by atoms with van der Waals surface area (Å²) in [5.74, 6) is -1.79. The first-order valence-corrected chi connectivity index (χ1v) is 13.3. The summed E-state index contributed by atoms with van der Waals surface area (Å²) in [5, 5.41) is 6.89. The fraction of sp³-hybridized carbons (Fsp3) is 0.179. The predicted molar refractivity (Wildman–Crippen MR) is 156 cm³/mol. The molecule has 0 radical (unpaired) electrons. The fourth-order valence-electron chi connectivity index (χ4n) is 3.76. The lowest BCUT2D eigenvalue weighted by Crippen LogP contribution is -2.36. The molecule has 1 aromatic heterocycles. The summed E-state index contributed by atoms with van der Waals surface area (Å²) < 4.78 is 6.90. The zero-order valence-electron chi connectivity index (χ0n) is 20.9. The average Bonchev–Trinajstić information content (AvgIpc) is 3.27. The third kappa shape index (κ3) is 7.23. The summed E-state index contributed by atoms with van der Waals surface area (Å²) in [6, 6.07) is 17.8. The fourth-order valence-corrected chi connectivity index (χ4v) is 4.24. The van der Waals surface area contributed by atoms with E-state index in [1.165, 1.54) is 10.7 Å². The lowest BCUT2D eigenvalue weighted by Gasteiger charge is -2.13. The minimum absolute atomic E-state index is 0.0593. The van der Waals surface area contributed by atoms with Crippen LogP contribution in [0.25, 0.3) is 10.9 Å². The number of rotatable bonds is 9. The van der Waals surface area contributed by atoms with Gasteiger partial charge in [0.15, 0.2) is 0 Å². The lowest BCUT2D eigenvalue weighted by atomic mass is 10.2. The number of hydrogen-bond acceptors (Lipinski definition) is 4. The highest BCUT2D eigenvalue weighted by molar-refractivity contribution is 6.43. The predicted octanol–water partition coefficient (Wildman–Crippen LogP) is 7.13. The van der Waals surface area contributed by atoms with E-state index in [2.05, 4.69) is 23.0 Å². The van der Waals surface area contributed by atoms with Gasteiger partial charge in [0.2, 0.25) is 0 Å². The van der Waals surface area contributed by atoms with Gasteiger partial charge in [0.1, 0.15) is 11.4 Å². The molecule has 0 bridgehead atoms. The lowest BCUT2D eigenvalue weighted by molar-refractivity contribution is -0.133. The molecule has 8 nitrogen and oxygen atoms in total. The molecule has 202 valence electrons. The van der Waals surface area contributed by atoms with E-state index in [1.54, 1.807) is 60.7 Å². The summed E-state index contributed by atoms with van der Waals surface area (Å²) in [6.07, 6.45) is 3.15. The molecule has 0 spiro atoms. The van der Waals surface area contributed by atoms with Crippen LogP contribution in [0.1, 0.15) is 36.7 Å². The minimum atomic E-state index is -0.981. The Morgan fingerprint density at radius 1 is 0.795 bits per heavy atom. The molecule has 0 aliphatic rings. The Morgan fingerprint density at radius 2 is 1.54 bits per heavy atom. The maximum Gasteiger partial charge on any atom is 0.328 e. The summed E-state index contributed by atoms with van der Waals surface area (Å²) in [7, 11) is 0. The number of ether oxygens (including phenoxy) is 1. The summed E-state index contributed by atoms with van der Waals surface area (Å²) >= 11 is 18.1. The van der Waals surface area contributed by atoms with E-state index < -0.39 is 17.7 Å². The number of unbranched alkanes of at least 4 members (excludes halogenated alkanes) is 2. The molecule has 0 fully saturated rings. The summed E-state index contributed by atoms with van der Waals surface area (Å²) in [6.45, 7) is 2.73. The standard InChI is InChI=1S/C28H25Cl3N4O4/c1-2-3-4-13-39-21-9-6-19(7-10-21)32-27(37)28(38)34-35-24-12-5-18(29)14-17(24)15-25(35)26(36)33-20-8-11-22(30)23(31)16-20/h5-12,14-16H,2-4,13H2,1H3,(H,32,37)(H,33,36)(H,34,38). The zero-order chi connectivity index (χ0) is 27.9. The number of amides is 3. The summed E-state index contributed by atoms with van der Waals surface area (Å²) in [5.41, 5.74) is 3.83. The van der Waals surface area contributed by atoms with Crippen LogP contribution in [-0.2, 0) is 9.59 Å². The topological polar surface area (TPSA) is 101 Å². The molecule has 3 amide bonds. The molecule has 11 heteroatoms. The number of hydrogen-bond donors (Lipinski definition) is 3. The van der Waals surface area contributed by atoms with Crippen molar-refractivity contribution in [1.29, 1.82) is 0 Å². The molecule has 3 N–H and O–H groups in total.